The monoisotopic (exact) mass is 299 g/mol. The molecular weight excluding hydrogens is 281 g/mol. The molecule has 2 aromatic rings. The zero-order chi connectivity index (χ0) is 15.9. The minimum atomic E-state index is -0.337. The fraction of sp³-hybridized carbons (Fsp3) is 0.167. The first-order valence-electron chi connectivity index (χ1n) is 7.04. The topological polar surface area (TPSA) is 38.3 Å². The van der Waals surface area contributed by atoms with Crippen LogP contribution < -0.4 is 10.1 Å². The smallest absolute Gasteiger partial charge is 0.248 e. The first kappa shape index (κ1) is 15.8. The third kappa shape index (κ3) is 5.05. The van der Waals surface area contributed by atoms with Gasteiger partial charge in [0.1, 0.15) is 11.6 Å². The normalized spacial score (nSPS) is 10.9. The maximum Gasteiger partial charge on any atom is 0.248 e. The summed E-state index contributed by atoms with van der Waals surface area (Å²) in [6.45, 7) is 3.91. The van der Waals surface area contributed by atoms with E-state index < -0.39 is 0 Å². The van der Waals surface area contributed by atoms with Crippen molar-refractivity contribution in [3.63, 3.8) is 0 Å². The summed E-state index contributed by atoms with van der Waals surface area (Å²) in [5, 5.41) is 2.66. The van der Waals surface area contributed by atoms with Crippen molar-refractivity contribution in [1.29, 1.82) is 0 Å². The number of hydrogen-bond donors (Lipinski definition) is 1. The van der Waals surface area contributed by atoms with E-state index in [0.29, 0.717) is 5.69 Å². The van der Waals surface area contributed by atoms with Gasteiger partial charge in [0, 0.05) is 11.8 Å². The van der Waals surface area contributed by atoms with Crippen LogP contribution in [0.15, 0.2) is 54.6 Å². The van der Waals surface area contributed by atoms with Crippen molar-refractivity contribution in [1.82, 2.24) is 0 Å². The summed E-state index contributed by atoms with van der Waals surface area (Å²) >= 11 is 0. The predicted octanol–water partition coefficient (Wildman–Crippen LogP) is 4.26. The summed E-state index contributed by atoms with van der Waals surface area (Å²) in [5.74, 6) is 0.147. The van der Waals surface area contributed by atoms with E-state index >= 15 is 0 Å². The summed E-state index contributed by atoms with van der Waals surface area (Å²) in [4.78, 5) is 11.8. The molecule has 2 aromatic carbocycles. The van der Waals surface area contributed by atoms with Crippen molar-refractivity contribution < 1.29 is 13.9 Å². The lowest BCUT2D eigenvalue weighted by Crippen LogP contribution is -2.07. The van der Waals surface area contributed by atoms with Gasteiger partial charge >= 0.3 is 0 Å². The van der Waals surface area contributed by atoms with Crippen LogP contribution in [0.3, 0.4) is 0 Å². The lowest BCUT2D eigenvalue weighted by molar-refractivity contribution is -0.111. The number of rotatable bonds is 5. The lowest BCUT2D eigenvalue weighted by atomic mass is 10.2. The molecule has 0 spiro atoms. The molecule has 1 N–H and O–H groups in total. The zero-order valence-corrected chi connectivity index (χ0v) is 12.5. The van der Waals surface area contributed by atoms with E-state index in [9.17, 15) is 9.18 Å². The van der Waals surface area contributed by atoms with Crippen molar-refractivity contribution in [2.45, 2.75) is 20.0 Å². The van der Waals surface area contributed by atoms with Crippen LogP contribution in [0.4, 0.5) is 10.1 Å². The second kappa shape index (κ2) is 7.41. The molecule has 0 aliphatic carbocycles. The van der Waals surface area contributed by atoms with Crippen LogP contribution in [-0.4, -0.2) is 12.0 Å². The number of halogens is 1. The Morgan fingerprint density at radius 1 is 1.18 bits per heavy atom. The first-order chi connectivity index (χ1) is 10.5. The minimum Gasteiger partial charge on any atom is -0.491 e. The zero-order valence-electron chi connectivity index (χ0n) is 12.5. The van der Waals surface area contributed by atoms with E-state index in [1.54, 1.807) is 6.08 Å². The molecule has 0 saturated carbocycles. The Kier molecular flexibility index (Phi) is 5.31. The van der Waals surface area contributed by atoms with Crippen LogP contribution in [0.25, 0.3) is 6.08 Å². The molecule has 0 heterocycles. The number of carbonyl (C=O) groups excluding carboxylic acids is 1. The quantitative estimate of drug-likeness (QED) is 0.838. The van der Waals surface area contributed by atoms with Crippen LogP contribution >= 0.6 is 0 Å². The summed E-state index contributed by atoms with van der Waals surface area (Å²) < 4.78 is 18.4. The van der Waals surface area contributed by atoms with Crippen molar-refractivity contribution in [3.05, 3.63) is 66.0 Å². The third-order valence-electron chi connectivity index (χ3n) is 2.77. The number of carbonyl (C=O) groups is 1. The standard InChI is InChI=1S/C18H18FNO2/c1-13(2)22-17-5-3-4-14(12-17)6-11-18(21)20-16-9-7-15(19)8-10-16/h3-13H,1-2H3,(H,20,21)/b11-6+. The Labute approximate surface area is 129 Å². The molecule has 22 heavy (non-hydrogen) atoms. The highest BCUT2D eigenvalue weighted by Gasteiger charge is 2.00. The average Bonchev–Trinajstić information content (AvgIpc) is 2.47. The van der Waals surface area contributed by atoms with E-state index in [-0.39, 0.29) is 17.8 Å². The van der Waals surface area contributed by atoms with Crippen molar-refractivity contribution in [2.75, 3.05) is 5.32 Å². The molecule has 1 amide bonds. The summed E-state index contributed by atoms with van der Waals surface area (Å²) in [6.07, 6.45) is 3.23. The second-order valence-electron chi connectivity index (χ2n) is 5.07. The van der Waals surface area contributed by atoms with E-state index in [0.717, 1.165) is 11.3 Å². The molecule has 0 atom stereocenters. The van der Waals surface area contributed by atoms with Crippen LogP contribution in [0.1, 0.15) is 19.4 Å². The van der Waals surface area contributed by atoms with Gasteiger partial charge in [-0.2, -0.15) is 0 Å². The Balaban J connectivity index is 1.98. The van der Waals surface area contributed by atoms with E-state index in [1.165, 1.54) is 30.3 Å². The molecular formula is C18H18FNO2. The van der Waals surface area contributed by atoms with Gasteiger partial charge in [0.05, 0.1) is 6.10 Å². The molecule has 0 saturated heterocycles. The molecule has 0 aliphatic heterocycles. The maximum atomic E-state index is 12.8. The maximum absolute atomic E-state index is 12.8. The van der Waals surface area contributed by atoms with Crippen LogP contribution in [-0.2, 0) is 4.79 Å². The minimum absolute atomic E-state index is 0.0982. The highest BCUT2D eigenvalue weighted by Crippen LogP contribution is 2.16. The van der Waals surface area contributed by atoms with Gasteiger partial charge in [0.25, 0.3) is 0 Å². The van der Waals surface area contributed by atoms with Crippen LogP contribution in [0.5, 0.6) is 5.75 Å². The molecule has 4 heteroatoms. The van der Waals surface area contributed by atoms with Crippen molar-refractivity contribution in [3.8, 4) is 5.75 Å². The van der Waals surface area contributed by atoms with Crippen LogP contribution in [0.2, 0.25) is 0 Å². The van der Waals surface area contributed by atoms with Gasteiger partial charge in [0.2, 0.25) is 5.91 Å². The summed E-state index contributed by atoms with van der Waals surface area (Å²) in [7, 11) is 0. The SMILES string of the molecule is CC(C)Oc1cccc(/C=C/C(=O)Nc2ccc(F)cc2)c1. The average molecular weight is 299 g/mol. The molecule has 0 radical (unpaired) electrons. The largest absolute Gasteiger partial charge is 0.491 e. The number of benzene rings is 2. The molecule has 0 aliphatic rings. The first-order valence-corrected chi connectivity index (χ1v) is 7.04. The van der Waals surface area contributed by atoms with Gasteiger partial charge in [-0.25, -0.2) is 4.39 Å². The fourth-order valence-electron chi connectivity index (χ4n) is 1.85. The number of hydrogen-bond acceptors (Lipinski definition) is 2. The number of ether oxygens (including phenoxy) is 1. The van der Waals surface area contributed by atoms with Crippen molar-refractivity contribution in [2.24, 2.45) is 0 Å². The van der Waals surface area contributed by atoms with Gasteiger partial charge in [-0.15, -0.1) is 0 Å². The molecule has 0 bridgehead atoms. The van der Waals surface area contributed by atoms with Crippen molar-refractivity contribution >= 4 is 17.7 Å². The van der Waals surface area contributed by atoms with E-state index in [4.69, 9.17) is 4.74 Å². The Morgan fingerprint density at radius 3 is 2.59 bits per heavy atom. The molecule has 3 nitrogen and oxygen atoms in total. The van der Waals surface area contributed by atoms with Gasteiger partial charge in [-0.05, 0) is 61.9 Å². The summed E-state index contributed by atoms with van der Waals surface area (Å²) in [6, 6.07) is 13.1. The van der Waals surface area contributed by atoms with Gasteiger partial charge in [-0.1, -0.05) is 12.1 Å². The Hall–Kier alpha value is -2.62. The molecule has 2 rings (SSSR count). The molecule has 0 fully saturated rings. The van der Waals surface area contributed by atoms with Gasteiger partial charge < -0.3 is 10.1 Å². The second-order valence-corrected chi connectivity index (χ2v) is 5.07. The van der Waals surface area contributed by atoms with E-state index in [2.05, 4.69) is 5.32 Å². The Bertz CT molecular complexity index is 663. The Morgan fingerprint density at radius 2 is 1.91 bits per heavy atom. The van der Waals surface area contributed by atoms with Crippen LogP contribution in [0, 0.1) is 5.82 Å². The highest BCUT2D eigenvalue weighted by molar-refractivity contribution is 6.01. The number of anilines is 1. The lowest BCUT2D eigenvalue weighted by Gasteiger charge is -2.09. The number of amides is 1. The molecule has 114 valence electrons. The van der Waals surface area contributed by atoms with E-state index in [1.807, 2.05) is 38.1 Å². The van der Waals surface area contributed by atoms with Gasteiger partial charge in [-0.3, -0.25) is 4.79 Å². The molecule has 0 aromatic heterocycles. The number of nitrogens with one attached hydrogen (secondary N) is 1. The summed E-state index contributed by atoms with van der Waals surface area (Å²) in [5.41, 5.74) is 1.42. The fourth-order valence-corrected chi connectivity index (χ4v) is 1.85. The predicted molar refractivity (Wildman–Crippen MR) is 86.3 cm³/mol. The molecule has 0 unspecified atom stereocenters. The highest BCUT2D eigenvalue weighted by atomic mass is 19.1. The van der Waals surface area contributed by atoms with Gasteiger partial charge in [0.15, 0.2) is 0 Å². The third-order valence-corrected chi connectivity index (χ3v) is 2.77.